The highest BCUT2D eigenvalue weighted by molar-refractivity contribution is 6.19. The number of carbonyl (C=O) groups excluding carboxylic acids is 2. The van der Waals surface area contributed by atoms with Gasteiger partial charge in [-0.25, -0.2) is 0 Å². The summed E-state index contributed by atoms with van der Waals surface area (Å²) in [4.78, 5) is 32.5. The van der Waals surface area contributed by atoms with Crippen LogP contribution in [0.2, 0.25) is 0 Å². The van der Waals surface area contributed by atoms with Crippen molar-refractivity contribution >= 4 is 34.6 Å². The maximum absolute atomic E-state index is 13.3. The van der Waals surface area contributed by atoms with Gasteiger partial charge in [-0.1, -0.05) is 68.4 Å². The number of amides is 2. The van der Waals surface area contributed by atoms with Crippen LogP contribution < -0.4 is 10.2 Å². The molecule has 1 heterocycles. The predicted octanol–water partition coefficient (Wildman–Crippen LogP) is 5.31. The summed E-state index contributed by atoms with van der Waals surface area (Å²) >= 11 is 0. The molecule has 0 radical (unpaired) electrons. The molecule has 32 heavy (non-hydrogen) atoms. The van der Waals surface area contributed by atoms with Crippen LogP contribution in [0.5, 0.6) is 0 Å². The van der Waals surface area contributed by atoms with Gasteiger partial charge in [-0.2, -0.15) is 0 Å². The molecule has 0 aromatic heterocycles. The van der Waals surface area contributed by atoms with E-state index in [9.17, 15) is 9.59 Å². The topological polar surface area (TPSA) is 61.8 Å². The van der Waals surface area contributed by atoms with Crippen molar-refractivity contribution in [2.24, 2.45) is 4.99 Å². The van der Waals surface area contributed by atoms with E-state index in [1.54, 1.807) is 0 Å². The van der Waals surface area contributed by atoms with Gasteiger partial charge in [0.25, 0.3) is 0 Å². The third-order valence-corrected chi connectivity index (χ3v) is 5.72. The highest BCUT2D eigenvalue weighted by Crippen LogP contribution is 2.33. The fourth-order valence-corrected chi connectivity index (χ4v) is 3.90. The van der Waals surface area contributed by atoms with E-state index >= 15 is 0 Å². The predicted molar refractivity (Wildman–Crippen MR) is 130 cm³/mol. The van der Waals surface area contributed by atoms with Crippen molar-refractivity contribution in [1.82, 2.24) is 0 Å². The van der Waals surface area contributed by atoms with E-state index < -0.39 is 0 Å². The first-order chi connectivity index (χ1) is 15.6. The number of nitrogens with zero attached hydrogens (tertiary/aromatic N) is 2. The molecule has 0 saturated carbocycles. The Morgan fingerprint density at radius 3 is 2.41 bits per heavy atom. The third-order valence-electron chi connectivity index (χ3n) is 5.72. The van der Waals surface area contributed by atoms with Crippen LogP contribution in [0, 0.1) is 0 Å². The van der Waals surface area contributed by atoms with E-state index in [4.69, 9.17) is 4.99 Å². The van der Waals surface area contributed by atoms with Gasteiger partial charge in [-0.05, 0) is 47.7 Å². The lowest BCUT2D eigenvalue weighted by Gasteiger charge is -2.22. The van der Waals surface area contributed by atoms with Crippen molar-refractivity contribution < 1.29 is 9.59 Å². The molecule has 0 unspecified atom stereocenters. The first kappa shape index (κ1) is 21.5. The van der Waals surface area contributed by atoms with Gasteiger partial charge in [-0.3, -0.25) is 14.6 Å². The van der Waals surface area contributed by atoms with Crippen molar-refractivity contribution in [3.05, 3.63) is 89.5 Å². The molecule has 1 N–H and O–H groups in total. The maximum atomic E-state index is 13.3. The minimum absolute atomic E-state index is 0.0640. The molecule has 3 aromatic rings. The summed E-state index contributed by atoms with van der Waals surface area (Å²) in [6.45, 7) is 4.09. The summed E-state index contributed by atoms with van der Waals surface area (Å²) in [7, 11) is 0. The number of para-hydroxylation sites is 3. The zero-order valence-electron chi connectivity index (χ0n) is 18.5. The number of nitrogens with one attached hydrogen (secondary N) is 1. The molecule has 5 nitrogen and oxygen atoms in total. The number of hydrogen-bond acceptors (Lipinski definition) is 3. The van der Waals surface area contributed by atoms with Gasteiger partial charge in [0.1, 0.15) is 6.54 Å². The van der Waals surface area contributed by atoms with E-state index in [-0.39, 0.29) is 24.8 Å². The molecule has 5 heteroatoms. The lowest BCUT2D eigenvalue weighted by molar-refractivity contribution is -0.120. The van der Waals surface area contributed by atoms with Gasteiger partial charge >= 0.3 is 0 Å². The molecule has 4 rings (SSSR count). The second-order valence-corrected chi connectivity index (χ2v) is 7.81. The van der Waals surface area contributed by atoms with E-state index in [1.165, 1.54) is 10.5 Å². The van der Waals surface area contributed by atoms with Crippen LogP contribution in [0.4, 0.5) is 17.1 Å². The summed E-state index contributed by atoms with van der Waals surface area (Å²) in [5.74, 6) is -0.378. The Labute approximate surface area is 188 Å². The molecular formula is C27H27N3O2. The van der Waals surface area contributed by atoms with Crippen molar-refractivity contribution in [1.29, 1.82) is 0 Å². The van der Waals surface area contributed by atoms with Gasteiger partial charge in [0.05, 0.1) is 23.5 Å². The minimum atomic E-state index is -0.232. The van der Waals surface area contributed by atoms with Gasteiger partial charge in [0, 0.05) is 5.69 Å². The van der Waals surface area contributed by atoms with Crippen molar-refractivity contribution in [3.63, 3.8) is 0 Å². The van der Waals surface area contributed by atoms with Crippen LogP contribution in [-0.2, 0) is 22.4 Å². The second-order valence-electron chi connectivity index (χ2n) is 7.81. The van der Waals surface area contributed by atoms with Crippen LogP contribution in [0.1, 0.15) is 37.0 Å². The van der Waals surface area contributed by atoms with Crippen molar-refractivity contribution in [3.8, 4) is 0 Å². The molecule has 2 amide bonds. The number of aliphatic imine (C=N–C) groups is 1. The molecule has 1 aliphatic rings. The highest BCUT2D eigenvalue weighted by Gasteiger charge is 2.26. The summed E-state index contributed by atoms with van der Waals surface area (Å²) in [6.07, 6.45) is 1.91. The van der Waals surface area contributed by atoms with Crippen molar-refractivity contribution in [2.45, 2.75) is 33.1 Å². The maximum Gasteiger partial charge on any atom is 0.244 e. The fraction of sp³-hybridized carbons (Fsp3) is 0.222. The Kier molecular flexibility index (Phi) is 6.45. The van der Waals surface area contributed by atoms with Crippen LogP contribution in [0.15, 0.2) is 77.8 Å². The summed E-state index contributed by atoms with van der Waals surface area (Å²) in [5, 5.41) is 2.97. The standard InChI is InChI=1S/C27H27N3O2/c1-3-19-13-15-21(16-14-19)24-17-27(32)30(25-12-8-7-11-23(25)28-24)18-26(31)29-22-10-6-5-9-20(22)4-2/h5-16H,3-4,17-18H2,1-2H3,(H,29,31). The summed E-state index contributed by atoms with van der Waals surface area (Å²) < 4.78 is 0. The summed E-state index contributed by atoms with van der Waals surface area (Å²) in [5.41, 5.74) is 6.05. The zero-order chi connectivity index (χ0) is 22.5. The molecule has 0 atom stereocenters. The number of rotatable bonds is 6. The molecule has 3 aromatic carbocycles. The molecule has 0 bridgehead atoms. The average molecular weight is 426 g/mol. The number of hydrogen-bond donors (Lipinski definition) is 1. The Morgan fingerprint density at radius 1 is 0.938 bits per heavy atom. The molecule has 0 spiro atoms. The highest BCUT2D eigenvalue weighted by atomic mass is 16.2. The first-order valence-corrected chi connectivity index (χ1v) is 11.0. The smallest absolute Gasteiger partial charge is 0.244 e. The number of anilines is 2. The monoisotopic (exact) mass is 425 g/mol. The van der Waals surface area contributed by atoms with Gasteiger partial charge in [0.2, 0.25) is 11.8 Å². The molecule has 1 aliphatic heterocycles. The lowest BCUT2D eigenvalue weighted by Crippen LogP contribution is -2.38. The number of aryl methyl sites for hydroxylation is 2. The average Bonchev–Trinajstić information content (AvgIpc) is 2.96. The second kappa shape index (κ2) is 9.60. The summed E-state index contributed by atoms with van der Waals surface area (Å²) in [6, 6.07) is 23.4. The van der Waals surface area contributed by atoms with Crippen molar-refractivity contribution in [2.75, 3.05) is 16.8 Å². The van der Waals surface area contributed by atoms with Gasteiger partial charge in [0.15, 0.2) is 0 Å². The van der Waals surface area contributed by atoms with Crippen LogP contribution in [-0.4, -0.2) is 24.1 Å². The zero-order valence-corrected chi connectivity index (χ0v) is 18.5. The molecule has 0 aliphatic carbocycles. The van der Waals surface area contributed by atoms with Crippen LogP contribution in [0.25, 0.3) is 0 Å². The van der Waals surface area contributed by atoms with E-state index in [2.05, 4.69) is 24.4 Å². The van der Waals surface area contributed by atoms with Crippen LogP contribution >= 0.6 is 0 Å². The fourth-order valence-electron chi connectivity index (χ4n) is 3.90. The third kappa shape index (κ3) is 4.62. The van der Waals surface area contributed by atoms with Crippen LogP contribution in [0.3, 0.4) is 0 Å². The SMILES string of the molecule is CCc1ccc(C2=Nc3ccccc3N(CC(=O)Nc3ccccc3CC)C(=O)C2)cc1. The van der Waals surface area contributed by atoms with Gasteiger partial charge in [-0.15, -0.1) is 0 Å². The number of fused-ring (bicyclic) bond motifs is 1. The normalized spacial score (nSPS) is 13.2. The van der Waals surface area contributed by atoms with E-state index in [0.717, 1.165) is 29.7 Å². The molecular weight excluding hydrogens is 398 g/mol. The Bertz CT molecular complexity index is 1170. The lowest BCUT2D eigenvalue weighted by atomic mass is 10.0. The largest absolute Gasteiger partial charge is 0.324 e. The Morgan fingerprint density at radius 2 is 1.66 bits per heavy atom. The molecule has 162 valence electrons. The number of carbonyl (C=O) groups is 2. The number of benzene rings is 3. The van der Waals surface area contributed by atoms with Gasteiger partial charge < -0.3 is 10.2 Å². The Hall–Kier alpha value is -3.73. The molecule has 0 fully saturated rings. The Balaban J connectivity index is 1.60. The molecule has 0 saturated heterocycles. The van der Waals surface area contributed by atoms with E-state index in [0.29, 0.717) is 17.1 Å². The quantitative estimate of drug-likeness (QED) is 0.582. The first-order valence-electron chi connectivity index (χ1n) is 11.0. The van der Waals surface area contributed by atoms with E-state index in [1.807, 2.05) is 67.6 Å². The minimum Gasteiger partial charge on any atom is -0.324 e.